The molecule has 1 atom stereocenters. The van der Waals surface area contributed by atoms with Gasteiger partial charge in [-0.3, -0.25) is 9.59 Å². The molecule has 1 rings (SSSR count). The highest BCUT2D eigenvalue weighted by molar-refractivity contribution is 6.03. The van der Waals surface area contributed by atoms with Gasteiger partial charge >= 0.3 is 5.97 Å². The molecule has 0 aliphatic heterocycles. The lowest BCUT2D eigenvalue weighted by Crippen LogP contribution is -2.40. The molecule has 15 heavy (non-hydrogen) atoms. The Hall–Kier alpha value is -1.12. The minimum Gasteiger partial charge on any atom is -0.465 e. The number of hydrogen-bond acceptors (Lipinski definition) is 3. The van der Waals surface area contributed by atoms with Gasteiger partial charge in [0.15, 0.2) is 0 Å². The average Bonchev–Trinajstić information content (AvgIpc) is 2.19. The molecule has 0 aromatic rings. The zero-order valence-electron chi connectivity index (χ0n) is 9.63. The molecule has 84 valence electrons. The first-order valence-electron chi connectivity index (χ1n) is 5.37. The quantitative estimate of drug-likeness (QED) is 0.407. The predicted molar refractivity (Wildman–Crippen MR) is 57.4 cm³/mol. The van der Waals surface area contributed by atoms with Crippen LogP contribution in [0, 0.1) is 5.41 Å². The molecule has 0 heterocycles. The van der Waals surface area contributed by atoms with E-state index < -0.39 is 5.41 Å². The third kappa shape index (κ3) is 2.28. The molecule has 1 aliphatic carbocycles. The van der Waals surface area contributed by atoms with E-state index in [0.29, 0.717) is 19.4 Å². The van der Waals surface area contributed by atoms with Crippen molar-refractivity contribution in [2.45, 2.75) is 40.0 Å². The molecule has 1 unspecified atom stereocenters. The van der Waals surface area contributed by atoms with Gasteiger partial charge in [0.1, 0.15) is 11.2 Å². The number of allylic oxidation sites excluding steroid dienone is 2. The van der Waals surface area contributed by atoms with Gasteiger partial charge in [-0.25, -0.2) is 0 Å². The second-order valence-electron chi connectivity index (χ2n) is 4.11. The average molecular weight is 210 g/mol. The first-order chi connectivity index (χ1) is 7.03. The smallest absolute Gasteiger partial charge is 0.319 e. The summed E-state index contributed by atoms with van der Waals surface area (Å²) in [7, 11) is 0. The molecule has 0 aromatic heterocycles. The number of Topliss-reactive ketones (excluding diaryl/α,β-unsaturated/α-hetero) is 1. The molecule has 0 bridgehead atoms. The Balaban J connectivity index is 2.91. The Morgan fingerprint density at radius 3 is 2.60 bits per heavy atom. The van der Waals surface area contributed by atoms with E-state index in [1.54, 1.807) is 6.92 Å². The molecule has 0 aromatic carbocycles. The number of ether oxygens (including phenoxy) is 1. The van der Waals surface area contributed by atoms with E-state index in [1.165, 1.54) is 12.5 Å². The molecule has 0 spiro atoms. The summed E-state index contributed by atoms with van der Waals surface area (Å²) >= 11 is 0. The van der Waals surface area contributed by atoms with Gasteiger partial charge in [-0.05, 0) is 40.0 Å². The summed E-state index contributed by atoms with van der Waals surface area (Å²) in [6.07, 6.45) is 3.86. The summed E-state index contributed by atoms with van der Waals surface area (Å²) in [6, 6.07) is 0. The Labute approximate surface area is 90.5 Å². The van der Waals surface area contributed by atoms with Gasteiger partial charge < -0.3 is 4.74 Å². The molecule has 0 amide bonds. The molecule has 3 nitrogen and oxygen atoms in total. The van der Waals surface area contributed by atoms with Crippen LogP contribution in [0.5, 0.6) is 0 Å². The maximum atomic E-state index is 11.8. The lowest BCUT2D eigenvalue weighted by atomic mass is 9.72. The molecule has 0 saturated heterocycles. The Morgan fingerprint density at radius 2 is 2.20 bits per heavy atom. The summed E-state index contributed by atoms with van der Waals surface area (Å²) in [5.74, 6) is -0.439. The van der Waals surface area contributed by atoms with E-state index in [-0.39, 0.29) is 11.8 Å². The maximum Gasteiger partial charge on any atom is 0.319 e. The monoisotopic (exact) mass is 210 g/mol. The van der Waals surface area contributed by atoms with Crippen molar-refractivity contribution in [3.8, 4) is 0 Å². The molecule has 0 radical (unpaired) electrons. The van der Waals surface area contributed by atoms with Crippen LogP contribution in [0.3, 0.4) is 0 Å². The van der Waals surface area contributed by atoms with Gasteiger partial charge in [0.25, 0.3) is 0 Å². The molecule has 3 heteroatoms. The number of carbonyl (C=O) groups is 2. The van der Waals surface area contributed by atoms with Crippen LogP contribution in [0.1, 0.15) is 40.0 Å². The second kappa shape index (κ2) is 4.60. The number of rotatable bonds is 3. The van der Waals surface area contributed by atoms with Crippen LogP contribution in [-0.2, 0) is 14.3 Å². The third-order valence-corrected chi connectivity index (χ3v) is 3.09. The van der Waals surface area contributed by atoms with Crippen LogP contribution in [0.4, 0.5) is 0 Å². The number of hydrogen-bond donors (Lipinski definition) is 0. The lowest BCUT2D eigenvalue weighted by molar-refractivity contribution is -0.160. The Kier molecular flexibility index (Phi) is 3.66. The summed E-state index contributed by atoms with van der Waals surface area (Å²) < 4.78 is 4.99. The minimum atomic E-state index is -0.907. The van der Waals surface area contributed by atoms with E-state index in [0.717, 1.165) is 6.42 Å². The summed E-state index contributed by atoms with van der Waals surface area (Å²) in [6.45, 7) is 5.59. The van der Waals surface area contributed by atoms with Crippen LogP contribution in [0.2, 0.25) is 0 Å². The highest BCUT2D eigenvalue weighted by Gasteiger charge is 2.44. The van der Waals surface area contributed by atoms with Crippen LogP contribution in [-0.4, -0.2) is 18.4 Å². The van der Waals surface area contributed by atoms with Crippen molar-refractivity contribution in [2.24, 2.45) is 5.41 Å². The van der Waals surface area contributed by atoms with Gasteiger partial charge in [0, 0.05) is 0 Å². The van der Waals surface area contributed by atoms with Crippen molar-refractivity contribution in [2.75, 3.05) is 6.61 Å². The van der Waals surface area contributed by atoms with E-state index >= 15 is 0 Å². The topological polar surface area (TPSA) is 43.4 Å². The van der Waals surface area contributed by atoms with Gasteiger partial charge in [-0.15, -0.1) is 0 Å². The van der Waals surface area contributed by atoms with Crippen molar-refractivity contribution in [3.63, 3.8) is 0 Å². The van der Waals surface area contributed by atoms with Crippen LogP contribution in [0.15, 0.2) is 11.6 Å². The Bertz CT molecular complexity index is 304. The second-order valence-corrected chi connectivity index (χ2v) is 4.11. The largest absolute Gasteiger partial charge is 0.465 e. The normalized spacial score (nSPS) is 25.7. The van der Waals surface area contributed by atoms with Gasteiger partial charge in [0.05, 0.1) is 6.61 Å². The molecule has 1 aliphatic rings. The van der Waals surface area contributed by atoms with Gasteiger partial charge in [-0.2, -0.15) is 0 Å². The standard InChI is InChI=1S/C12H18O3/c1-4-15-11(14)12(10(3)13)7-5-9(2)6-8-12/h5H,4,6-8H2,1-3H3. The molecule has 0 saturated carbocycles. The van der Waals surface area contributed by atoms with Crippen molar-refractivity contribution in [1.29, 1.82) is 0 Å². The number of esters is 1. The van der Waals surface area contributed by atoms with Crippen LogP contribution >= 0.6 is 0 Å². The van der Waals surface area contributed by atoms with E-state index in [1.807, 2.05) is 13.0 Å². The lowest BCUT2D eigenvalue weighted by Gasteiger charge is -2.31. The molecular formula is C12H18O3. The maximum absolute atomic E-state index is 11.8. The predicted octanol–water partition coefficient (Wildman–Crippen LogP) is 2.26. The molecular weight excluding hydrogens is 192 g/mol. The summed E-state index contributed by atoms with van der Waals surface area (Å²) in [4.78, 5) is 23.4. The Morgan fingerprint density at radius 1 is 1.53 bits per heavy atom. The third-order valence-electron chi connectivity index (χ3n) is 3.09. The molecule has 0 fully saturated rings. The number of ketones is 1. The fraction of sp³-hybridized carbons (Fsp3) is 0.667. The van der Waals surface area contributed by atoms with Crippen molar-refractivity contribution < 1.29 is 14.3 Å². The van der Waals surface area contributed by atoms with E-state index in [2.05, 4.69) is 0 Å². The van der Waals surface area contributed by atoms with Crippen LogP contribution in [0.25, 0.3) is 0 Å². The summed E-state index contributed by atoms with van der Waals surface area (Å²) in [5, 5.41) is 0. The van der Waals surface area contributed by atoms with Crippen LogP contribution < -0.4 is 0 Å². The SMILES string of the molecule is CCOC(=O)C1(C(C)=O)CC=C(C)CC1. The van der Waals surface area contributed by atoms with Crippen molar-refractivity contribution in [1.82, 2.24) is 0 Å². The van der Waals surface area contributed by atoms with Crippen molar-refractivity contribution in [3.05, 3.63) is 11.6 Å². The zero-order chi connectivity index (χ0) is 11.5. The fourth-order valence-electron chi connectivity index (χ4n) is 1.88. The minimum absolute atomic E-state index is 0.0790. The van der Waals surface area contributed by atoms with E-state index in [9.17, 15) is 9.59 Å². The molecule has 0 N–H and O–H groups in total. The van der Waals surface area contributed by atoms with Gasteiger partial charge in [0.2, 0.25) is 0 Å². The highest BCUT2D eigenvalue weighted by Crippen LogP contribution is 2.37. The number of carbonyl (C=O) groups excluding carboxylic acids is 2. The van der Waals surface area contributed by atoms with E-state index in [4.69, 9.17) is 4.74 Å². The zero-order valence-corrected chi connectivity index (χ0v) is 9.63. The first kappa shape index (κ1) is 12.0. The first-order valence-corrected chi connectivity index (χ1v) is 5.37. The highest BCUT2D eigenvalue weighted by atomic mass is 16.5. The van der Waals surface area contributed by atoms with Gasteiger partial charge in [-0.1, -0.05) is 11.6 Å². The fourth-order valence-corrected chi connectivity index (χ4v) is 1.88. The summed E-state index contributed by atoms with van der Waals surface area (Å²) in [5.41, 5.74) is 0.339. The van der Waals surface area contributed by atoms with Crippen molar-refractivity contribution >= 4 is 11.8 Å².